The van der Waals surface area contributed by atoms with Crippen LogP contribution >= 0.6 is 0 Å². The molecule has 0 spiro atoms. The zero-order valence-electron chi connectivity index (χ0n) is 11.3. The van der Waals surface area contributed by atoms with Crippen molar-refractivity contribution in [2.24, 2.45) is 5.41 Å². The van der Waals surface area contributed by atoms with Crippen molar-refractivity contribution in [3.8, 4) is 0 Å². The Morgan fingerprint density at radius 3 is 2.71 bits per heavy atom. The van der Waals surface area contributed by atoms with Crippen LogP contribution in [0.2, 0.25) is 0 Å². The second-order valence-corrected chi connectivity index (χ2v) is 6.08. The molecular formula is C15H23NO. The summed E-state index contributed by atoms with van der Waals surface area (Å²) in [6.45, 7) is 6.94. The lowest BCUT2D eigenvalue weighted by Gasteiger charge is -2.35. The van der Waals surface area contributed by atoms with Gasteiger partial charge in [0, 0.05) is 17.7 Å². The van der Waals surface area contributed by atoms with Crippen LogP contribution in [0.4, 0.5) is 0 Å². The lowest BCUT2D eigenvalue weighted by molar-refractivity contribution is -0.137. The van der Waals surface area contributed by atoms with Crippen molar-refractivity contribution in [2.75, 3.05) is 6.54 Å². The van der Waals surface area contributed by atoms with Crippen molar-refractivity contribution in [1.82, 2.24) is 4.90 Å². The molecular weight excluding hydrogens is 210 g/mol. The number of carbonyl (C=O) groups excluding carboxylic acids is 1. The first-order chi connectivity index (χ1) is 8.00. The van der Waals surface area contributed by atoms with E-state index in [1.807, 2.05) is 20.8 Å². The van der Waals surface area contributed by atoms with Crippen molar-refractivity contribution in [1.29, 1.82) is 0 Å². The van der Waals surface area contributed by atoms with Crippen LogP contribution in [0.5, 0.6) is 0 Å². The number of hydrogen-bond acceptors (Lipinski definition) is 1. The standard InChI is InChI=1S/C15H23NO/c1-15(2,3)14(17)16-11-7-9-12-8-5-4-6-10-13(12)16/h5,8H,4,6-7,9-11H2,1-3H3. The maximum Gasteiger partial charge on any atom is 0.232 e. The molecule has 0 N–H and O–H groups in total. The van der Waals surface area contributed by atoms with E-state index in [0.29, 0.717) is 0 Å². The molecule has 1 heterocycles. The van der Waals surface area contributed by atoms with Gasteiger partial charge in [-0.3, -0.25) is 4.79 Å². The second-order valence-electron chi connectivity index (χ2n) is 6.08. The summed E-state index contributed by atoms with van der Waals surface area (Å²) in [5, 5.41) is 0. The van der Waals surface area contributed by atoms with Gasteiger partial charge >= 0.3 is 0 Å². The average molecular weight is 233 g/mol. The Morgan fingerprint density at radius 1 is 1.24 bits per heavy atom. The molecule has 0 saturated carbocycles. The summed E-state index contributed by atoms with van der Waals surface area (Å²) < 4.78 is 0. The highest BCUT2D eigenvalue weighted by atomic mass is 16.2. The Bertz CT molecular complexity index is 371. The van der Waals surface area contributed by atoms with Gasteiger partial charge in [-0.1, -0.05) is 32.9 Å². The van der Waals surface area contributed by atoms with Gasteiger partial charge in [-0.05, 0) is 37.7 Å². The van der Waals surface area contributed by atoms with Gasteiger partial charge in [0.25, 0.3) is 0 Å². The molecule has 94 valence electrons. The molecule has 2 aliphatic rings. The molecule has 0 bridgehead atoms. The molecule has 0 saturated heterocycles. The fraction of sp³-hybridized carbons (Fsp3) is 0.667. The second kappa shape index (κ2) is 4.67. The summed E-state index contributed by atoms with van der Waals surface area (Å²) in [5.41, 5.74) is 2.42. The Hall–Kier alpha value is -1.05. The van der Waals surface area contributed by atoms with E-state index in [9.17, 15) is 4.79 Å². The van der Waals surface area contributed by atoms with E-state index >= 15 is 0 Å². The normalized spacial score (nSPS) is 21.2. The van der Waals surface area contributed by atoms with Crippen molar-refractivity contribution >= 4 is 5.91 Å². The lowest BCUT2D eigenvalue weighted by Crippen LogP contribution is -2.41. The number of rotatable bonds is 0. The zero-order valence-corrected chi connectivity index (χ0v) is 11.3. The van der Waals surface area contributed by atoms with Gasteiger partial charge in [0.05, 0.1) is 0 Å². The highest BCUT2D eigenvalue weighted by molar-refractivity contribution is 5.83. The van der Waals surface area contributed by atoms with Crippen LogP contribution in [0.1, 0.15) is 52.9 Å². The molecule has 0 aromatic carbocycles. The molecule has 0 atom stereocenters. The molecule has 0 unspecified atom stereocenters. The fourth-order valence-corrected chi connectivity index (χ4v) is 2.60. The fourth-order valence-electron chi connectivity index (χ4n) is 2.60. The third-order valence-electron chi connectivity index (χ3n) is 3.51. The largest absolute Gasteiger partial charge is 0.315 e. The first kappa shape index (κ1) is 12.4. The maximum absolute atomic E-state index is 12.5. The summed E-state index contributed by atoms with van der Waals surface area (Å²) in [7, 11) is 0. The number of amides is 1. The highest BCUT2D eigenvalue weighted by Gasteiger charge is 2.31. The van der Waals surface area contributed by atoms with E-state index in [1.165, 1.54) is 17.7 Å². The monoisotopic (exact) mass is 233 g/mol. The van der Waals surface area contributed by atoms with Crippen molar-refractivity contribution in [2.45, 2.75) is 52.9 Å². The predicted molar refractivity (Wildman–Crippen MR) is 70.4 cm³/mol. The van der Waals surface area contributed by atoms with Crippen LogP contribution in [0.15, 0.2) is 23.4 Å². The summed E-state index contributed by atoms with van der Waals surface area (Å²) in [4.78, 5) is 14.5. The molecule has 2 heteroatoms. The predicted octanol–water partition coefficient (Wildman–Crippen LogP) is 3.65. The molecule has 0 aromatic rings. The minimum Gasteiger partial charge on any atom is -0.315 e. The maximum atomic E-state index is 12.5. The number of allylic oxidation sites excluding steroid dienone is 4. The first-order valence-corrected chi connectivity index (χ1v) is 6.70. The van der Waals surface area contributed by atoms with Gasteiger partial charge in [0.15, 0.2) is 0 Å². The van der Waals surface area contributed by atoms with Gasteiger partial charge in [-0.2, -0.15) is 0 Å². The molecule has 1 aliphatic heterocycles. The van der Waals surface area contributed by atoms with Gasteiger partial charge < -0.3 is 4.90 Å². The van der Waals surface area contributed by atoms with Gasteiger partial charge in [-0.15, -0.1) is 0 Å². The minimum absolute atomic E-state index is 0.272. The molecule has 2 rings (SSSR count). The van der Waals surface area contributed by atoms with Crippen LogP contribution in [-0.2, 0) is 4.79 Å². The Labute approximate surface area is 104 Å². The Kier molecular flexibility index (Phi) is 3.41. The molecule has 17 heavy (non-hydrogen) atoms. The van der Waals surface area contributed by atoms with Crippen LogP contribution in [-0.4, -0.2) is 17.4 Å². The van der Waals surface area contributed by atoms with Crippen molar-refractivity contribution in [3.63, 3.8) is 0 Å². The van der Waals surface area contributed by atoms with Crippen LogP contribution in [0.3, 0.4) is 0 Å². The molecule has 1 aliphatic carbocycles. The Balaban J connectivity index is 2.29. The highest BCUT2D eigenvalue weighted by Crippen LogP contribution is 2.32. The summed E-state index contributed by atoms with van der Waals surface area (Å²) in [6, 6.07) is 0. The van der Waals surface area contributed by atoms with Crippen molar-refractivity contribution in [3.05, 3.63) is 23.4 Å². The van der Waals surface area contributed by atoms with Crippen LogP contribution in [0.25, 0.3) is 0 Å². The lowest BCUT2D eigenvalue weighted by atomic mass is 9.91. The summed E-state index contributed by atoms with van der Waals surface area (Å²) >= 11 is 0. The first-order valence-electron chi connectivity index (χ1n) is 6.70. The van der Waals surface area contributed by atoms with E-state index in [1.54, 1.807) is 0 Å². The average Bonchev–Trinajstić information content (AvgIpc) is 2.51. The zero-order chi connectivity index (χ0) is 12.5. The molecule has 1 amide bonds. The van der Waals surface area contributed by atoms with Gasteiger partial charge in [0.1, 0.15) is 0 Å². The van der Waals surface area contributed by atoms with E-state index < -0.39 is 0 Å². The molecule has 0 fully saturated rings. The SMILES string of the molecule is CC(C)(C)C(=O)N1CCCC2=C1CCCC=C2. The third-order valence-corrected chi connectivity index (χ3v) is 3.51. The number of nitrogens with zero attached hydrogens (tertiary/aromatic N) is 1. The molecule has 0 radical (unpaired) electrons. The number of hydrogen-bond donors (Lipinski definition) is 0. The molecule has 2 nitrogen and oxygen atoms in total. The number of carbonyl (C=O) groups is 1. The van der Waals surface area contributed by atoms with Crippen LogP contribution < -0.4 is 0 Å². The Morgan fingerprint density at radius 2 is 2.00 bits per heavy atom. The minimum atomic E-state index is -0.272. The van der Waals surface area contributed by atoms with E-state index in [0.717, 1.165) is 32.2 Å². The summed E-state index contributed by atoms with van der Waals surface area (Å²) in [6.07, 6.45) is 10.1. The van der Waals surface area contributed by atoms with E-state index in [2.05, 4.69) is 17.1 Å². The smallest absolute Gasteiger partial charge is 0.232 e. The topological polar surface area (TPSA) is 20.3 Å². The van der Waals surface area contributed by atoms with Crippen molar-refractivity contribution < 1.29 is 4.79 Å². The third kappa shape index (κ3) is 2.62. The van der Waals surface area contributed by atoms with Gasteiger partial charge in [-0.25, -0.2) is 0 Å². The van der Waals surface area contributed by atoms with Gasteiger partial charge in [0.2, 0.25) is 5.91 Å². The van der Waals surface area contributed by atoms with E-state index in [-0.39, 0.29) is 11.3 Å². The van der Waals surface area contributed by atoms with E-state index in [4.69, 9.17) is 0 Å². The van der Waals surface area contributed by atoms with Crippen LogP contribution in [0, 0.1) is 5.41 Å². The molecule has 0 aromatic heterocycles. The quantitative estimate of drug-likeness (QED) is 0.625. The summed E-state index contributed by atoms with van der Waals surface area (Å²) in [5.74, 6) is 0.278.